The molecule has 2 aromatic heterocycles. The third-order valence-electron chi connectivity index (χ3n) is 7.71. The summed E-state index contributed by atoms with van der Waals surface area (Å²) in [6.45, 7) is 2.17. The molecule has 2 saturated heterocycles. The normalized spacial score (nSPS) is 21.5. The summed E-state index contributed by atoms with van der Waals surface area (Å²) in [6.07, 6.45) is 8.82. The number of nitrogens with zero attached hydrogens (tertiary/aromatic N) is 2. The molecular weight excluding hydrogens is 420 g/mol. The van der Waals surface area contributed by atoms with Crippen LogP contribution in [0.4, 0.5) is 0 Å². The van der Waals surface area contributed by atoms with Gasteiger partial charge in [0.1, 0.15) is 11.6 Å². The Hall–Kier alpha value is -3.22. The van der Waals surface area contributed by atoms with Crippen molar-refractivity contribution in [2.45, 2.75) is 50.6 Å². The maximum absolute atomic E-state index is 5.02. The van der Waals surface area contributed by atoms with E-state index in [4.69, 9.17) is 4.98 Å². The SMILES string of the molecule is c1cc(-c2cnc([C@@H]3CCCN3)[nH]2)ccc1-c1ccc2c(c1)CCc1[nH]c([C@@H]3CCCN3)nc1-2. The van der Waals surface area contributed by atoms with Crippen LogP contribution in [0.5, 0.6) is 0 Å². The van der Waals surface area contributed by atoms with E-state index in [9.17, 15) is 0 Å². The fourth-order valence-corrected chi connectivity index (χ4v) is 5.81. The summed E-state index contributed by atoms with van der Waals surface area (Å²) in [6, 6.07) is 16.4. The molecule has 2 aromatic carbocycles. The predicted octanol–water partition coefficient (Wildman–Crippen LogP) is 5.08. The van der Waals surface area contributed by atoms with Crippen LogP contribution in [0, 0.1) is 0 Å². The lowest BCUT2D eigenvalue weighted by atomic mass is 9.89. The van der Waals surface area contributed by atoms with Crippen molar-refractivity contribution in [2.24, 2.45) is 0 Å². The summed E-state index contributed by atoms with van der Waals surface area (Å²) < 4.78 is 0. The quantitative estimate of drug-likeness (QED) is 0.349. The number of H-pyrrole nitrogens is 2. The van der Waals surface area contributed by atoms with Crippen molar-refractivity contribution in [2.75, 3.05) is 13.1 Å². The molecule has 3 aliphatic rings. The zero-order valence-electron chi connectivity index (χ0n) is 19.3. The van der Waals surface area contributed by atoms with Gasteiger partial charge >= 0.3 is 0 Å². The second kappa shape index (κ2) is 8.22. The van der Waals surface area contributed by atoms with Crippen LogP contribution < -0.4 is 10.6 Å². The second-order valence-electron chi connectivity index (χ2n) is 9.88. The summed E-state index contributed by atoms with van der Waals surface area (Å²) in [5.41, 5.74) is 9.89. The molecule has 4 N–H and O–H groups in total. The number of hydrogen-bond acceptors (Lipinski definition) is 4. The standard InChI is InChI=1S/C28H30N6/c1-3-23(29-13-1)27-31-16-25(33-27)18-7-5-17(6-8-18)19-9-11-21-20(15-19)10-12-22-26(21)34-28(32-22)24-4-2-14-30-24/h5-9,11,15-16,23-24,29-30H,1-4,10,12-14H2,(H,31,33)(H,32,34)/t23-,24-/m0/s1. The topological polar surface area (TPSA) is 81.4 Å². The van der Waals surface area contributed by atoms with Gasteiger partial charge in [-0.25, -0.2) is 9.97 Å². The Morgan fingerprint density at radius 2 is 1.47 bits per heavy atom. The minimum atomic E-state index is 0.365. The first-order valence-electron chi connectivity index (χ1n) is 12.7. The van der Waals surface area contributed by atoms with Crippen LogP contribution in [-0.4, -0.2) is 33.0 Å². The number of nitrogens with one attached hydrogen (secondary N) is 4. The molecule has 7 rings (SSSR count). The molecule has 6 heteroatoms. The maximum atomic E-state index is 5.02. The number of hydrogen-bond donors (Lipinski definition) is 4. The Bertz CT molecular complexity index is 1320. The van der Waals surface area contributed by atoms with Crippen LogP contribution in [0.1, 0.15) is 60.7 Å². The molecule has 172 valence electrons. The molecule has 0 amide bonds. The lowest BCUT2D eigenvalue weighted by molar-refractivity contribution is 0.611. The summed E-state index contributed by atoms with van der Waals surface area (Å²) >= 11 is 0. The van der Waals surface area contributed by atoms with Crippen LogP contribution in [0.15, 0.2) is 48.7 Å². The van der Waals surface area contributed by atoms with Gasteiger partial charge in [0.2, 0.25) is 0 Å². The molecule has 2 fully saturated rings. The van der Waals surface area contributed by atoms with Crippen molar-refractivity contribution < 1.29 is 0 Å². The second-order valence-corrected chi connectivity index (χ2v) is 9.88. The zero-order valence-corrected chi connectivity index (χ0v) is 19.3. The molecule has 0 saturated carbocycles. The molecule has 0 bridgehead atoms. The largest absolute Gasteiger partial charge is 0.344 e. The Morgan fingerprint density at radius 1 is 0.735 bits per heavy atom. The lowest BCUT2D eigenvalue weighted by Gasteiger charge is -2.16. The third kappa shape index (κ3) is 3.49. The van der Waals surface area contributed by atoms with Crippen molar-refractivity contribution >= 4 is 0 Å². The molecule has 0 spiro atoms. The highest BCUT2D eigenvalue weighted by atomic mass is 15.1. The average molecular weight is 451 g/mol. The van der Waals surface area contributed by atoms with Gasteiger partial charge in [0.25, 0.3) is 0 Å². The molecule has 2 aliphatic heterocycles. The van der Waals surface area contributed by atoms with Crippen molar-refractivity contribution in [3.8, 4) is 33.6 Å². The lowest BCUT2D eigenvalue weighted by Crippen LogP contribution is -2.14. The maximum Gasteiger partial charge on any atom is 0.124 e. The number of imidazole rings is 2. The van der Waals surface area contributed by atoms with Crippen LogP contribution >= 0.6 is 0 Å². The first kappa shape index (κ1) is 20.2. The molecule has 34 heavy (non-hydrogen) atoms. The van der Waals surface area contributed by atoms with Crippen LogP contribution in [0.25, 0.3) is 33.6 Å². The van der Waals surface area contributed by atoms with Gasteiger partial charge in [-0.2, -0.15) is 0 Å². The van der Waals surface area contributed by atoms with Gasteiger partial charge in [0.15, 0.2) is 0 Å². The van der Waals surface area contributed by atoms with Gasteiger partial charge in [-0.3, -0.25) is 0 Å². The van der Waals surface area contributed by atoms with Gasteiger partial charge in [-0.05, 0) is 73.9 Å². The van der Waals surface area contributed by atoms with E-state index in [2.05, 4.69) is 68.1 Å². The molecule has 4 heterocycles. The Morgan fingerprint density at radius 3 is 2.24 bits per heavy atom. The highest BCUT2D eigenvalue weighted by Gasteiger charge is 2.25. The molecular formula is C28H30N6. The number of aromatic nitrogens is 4. The van der Waals surface area contributed by atoms with E-state index in [1.54, 1.807) is 0 Å². The van der Waals surface area contributed by atoms with E-state index in [0.717, 1.165) is 55.4 Å². The highest BCUT2D eigenvalue weighted by molar-refractivity contribution is 5.76. The van der Waals surface area contributed by atoms with Crippen LogP contribution in [-0.2, 0) is 12.8 Å². The Labute approximate surface area is 199 Å². The third-order valence-corrected chi connectivity index (χ3v) is 7.71. The number of aryl methyl sites for hydroxylation is 2. The van der Waals surface area contributed by atoms with Gasteiger partial charge in [-0.15, -0.1) is 0 Å². The zero-order chi connectivity index (χ0) is 22.5. The number of rotatable bonds is 4. The molecule has 0 radical (unpaired) electrons. The molecule has 1 aliphatic carbocycles. The van der Waals surface area contributed by atoms with E-state index in [1.165, 1.54) is 52.8 Å². The first-order chi connectivity index (χ1) is 16.8. The van der Waals surface area contributed by atoms with Gasteiger partial charge in [-0.1, -0.05) is 42.5 Å². The van der Waals surface area contributed by atoms with Crippen molar-refractivity contribution in [1.29, 1.82) is 0 Å². The number of fused-ring (bicyclic) bond motifs is 3. The first-order valence-corrected chi connectivity index (χ1v) is 12.7. The summed E-state index contributed by atoms with van der Waals surface area (Å²) in [5.74, 6) is 2.16. The number of aromatic amines is 2. The van der Waals surface area contributed by atoms with Crippen molar-refractivity contribution in [3.05, 3.63) is 71.6 Å². The monoisotopic (exact) mass is 450 g/mol. The molecule has 6 nitrogen and oxygen atoms in total. The fraction of sp³-hybridized carbons (Fsp3) is 0.357. The van der Waals surface area contributed by atoms with Gasteiger partial charge in [0, 0.05) is 11.3 Å². The fourth-order valence-electron chi connectivity index (χ4n) is 5.81. The van der Waals surface area contributed by atoms with E-state index in [1.807, 2.05) is 6.20 Å². The van der Waals surface area contributed by atoms with Gasteiger partial charge < -0.3 is 20.6 Å². The van der Waals surface area contributed by atoms with E-state index < -0.39 is 0 Å². The summed E-state index contributed by atoms with van der Waals surface area (Å²) in [5, 5.41) is 7.08. The van der Waals surface area contributed by atoms with E-state index in [-0.39, 0.29) is 0 Å². The predicted molar refractivity (Wildman–Crippen MR) is 134 cm³/mol. The average Bonchev–Trinajstić information content (AvgIpc) is 3.70. The number of benzene rings is 2. The van der Waals surface area contributed by atoms with Crippen molar-refractivity contribution in [3.63, 3.8) is 0 Å². The van der Waals surface area contributed by atoms with E-state index in [0.29, 0.717) is 12.1 Å². The molecule has 4 aromatic rings. The Balaban J connectivity index is 1.14. The summed E-state index contributed by atoms with van der Waals surface area (Å²) in [7, 11) is 0. The molecule has 2 atom stereocenters. The highest BCUT2D eigenvalue weighted by Crippen LogP contribution is 2.36. The van der Waals surface area contributed by atoms with Crippen LogP contribution in [0.2, 0.25) is 0 Å². The Kier molecular flexibility index (Phi) is 4.88. The minimum Gasteiger partial charge on any atom is -0.344 e. The van der Waals surface area contributed by atoms with Crippen molar-refractivity contribution in [1.82, 2.24) is 30.6 Å². The van der Waals surface area contributed by atoms with Gasteiger partial charge in [0.05, 0.1) is 29.7 Å². The van der Waals surface area contributed by atoms with Crippen LogP contribution in [0.3, 0.4) is 0 Å². The smallest absolute Gasteiger partial charge is 0.124 e. The van der Waals surface area contributed by atoms with E-state index >= 15 is 0 Å². The summed E-state index contributed by atoms with van der Waals surface area (Å²) in [4.78, 5) is 16.8. The molecule has 0 unspecified atom stereocenters. The minimum absolute atomic E-state index is 0.365.